The molecular weight excluding hydrogens is 208 g/mol. The lowest BCUT2D eigenvalue weighted by Gasteiger charge is -2.23. The molecule has 0 fully saturated rings. The fourth-order valence-electron chi connectivity index (χ4n) is 1.52. The summed E-state index contributed by atoms with van der Waals surface area (Å²) in [6.07, 6.45) is 2.17. The first-order valence-electron chi connectivity index (χ1n) is 4.82. The zero-order valence-corrected chi connectivity index (χ0v) is 10.1. The molecule has 1 aromatic rings. The summed E-state index contributed by atoms with van der Waals surface area (Å²) in [7, 11) is 0. The third-order valence-electron chi connectivity index (χ3n) is 2.44. The monoisotopic (exact) mass is 224 g/mol. The first-order chi connectivity index (χ1) is 6.95. The summed E-state index contributed by atoms with van der Waals surface area (Å²) in [5.74, 6) is -0.755. The van der Waals surface area contributed by atoms with Gasteiger partial charge in [0, 0.05) is 10.3 Å². The van der Waals surface area contributed by atoms with Crippen LogP contribution in [-0.4, -0.2) is 17.3 Å². The maximum atomic E-state index is 10.7. The molecule has 0 amide bonds. The van der Waals surface area contributed by atoms with Gasteiger partial charge in [0.05, 0.1) is 6.42 Å². The van der Waals surface area contributed by atoms with Crippen LogP contribution in [0.25, 0.3) is 0 Å². The molecule has 0 aliphatic heterocycles. The number of thioether (sulfide) groups is 1. The normalized spacial score (nSPS) is 11.4. The Morgan fingerprint density at radius 3 is 2.67 bits per heavy atom. The van der Waals surface area contributed by atoms with Gasteiger partial charge in [-0.3, -0.25) is 4.79 Å². The van der Waals surface area contributed by atoms with Gasteiger partial charge >= 0.3 is 5.97 Å². The van der Waals surface area contributed by atoms with Gasteiger partial charge in [-0.2, -0.15) is 0 Å². The van der Waals surface area contributed by atoms with Crippen molar-refractivity contribution >= 4 is 17.7 Å². The van der Waals surface area contributed by atoms with Gasteiger partial charge in [0.1, 0.15) is 0 Å². The van der Waals surface area contributed by atoms with Crippen molar-refractivity contribution in [1.82, 2.24) is 0 Å². The highest BCUT2D eigenvalue weighted by atomic mass is 32.2. The van der Waals surface area contributed by atoms with Crippen LogP contribution in [0.15, 0.2) is 29.2 Å². The van der Waals surface area contributed by atoms with Crippen LogP contribution in [0.4, 0.5) is 0 Å². The molecule has 0 aromatic heterocycles. The van der Waals surface area contributed by atoms with Gasteiger partial charge in [0.25, 0.3) is 0 Å². The molecule has 1 N–H and O–H groups in total. The van der Waals surface area contributed by atoms with E-state index in [0.717, 1.165) is 5.56 Å². The number of carbonyl (C=O) groups is 1. The van der Waals surface area contributed by atoms with Crippen LogP contribution in [0, 0.1) is 0 Å². The molecule has 0 unspecified atom stereocenters. The number of benzene rings is 1. The highest BCUT2D eigenvalue weighted by Gasteiger charge is 2.24. The molecule has 0 aliphatic carbocycles. The fraction of sp³-hybridized carbons (Fsp3) is 0.417. The lowest BCUT2D eigenvalue weighted by molar-refractivity contribution is -0.138. The predicted molar refractivity (Wildman–Crippen MR) is 63.5 cm³/mol. The van der Waals surface area contributed by atoms with Gasteiger partial charge in [-0.25, -0.2) is 0 Å². The number of hydrogen-bond donors (Lipinski definition) is 1. The lowest BCUT2D eigenvalue weighted by atomic mass is 9.82. The molecule has 1 rings (SSSR count). The maximum Gasteiger partial charge on any atom is 0.304 e. The molecule has 0 aliphatic rings. The molecule has 0 atom stereocenters. The number of carboxylic acids is 1. The summed E-state index contributed by atoms with van der Waals surface area (Å²) in [5.41, 5.74) is 0.772. The molecule has 3 heteroatoms. The van der Waals surface area contributed by atoms with Crippen molar-refractivity contribution in [2.75, 3.05) is 6.26 Å². The molecule has 0 spiro atoms. The minimum atomic E-state index is -0.755. The molecule has 0 bridgehead atoms. The summed E-state index contributed by atoms with van der Waals surface area (Å²) in [4.78, 5) is 11.9. The van der Waals surface area contributed by atoms with Crippen molar-refractivity contribution in [2.24, 2.45) is 0 Å². The minimum Gasteiger partial charge on any atom is -0.481 e. The Morgan fingerprint density at radius 1 is 1.47 bits per heavy atom. The topological polar surface area (TPSA) is 37.3 Å². The molecular formula is C12H16O2S. The van der Waals surface area contributed by atoms with Crippen molar-refractivity contribution in [1.29, 1.82) is 0 Å². The molecule has 2 nitrogen and oxygen atoms in total. The minimum absolute atomic E-state index is 0.158. The summed E-state index contributed by atoms with van der Waals surface area (Å²) in [6.45, 7) is 3.92. The van der Waals surface area contributed by atoms with Gasteiger partial charge in [-0.05, 0) is 24.0 Å². The molecule has 0 radical (unpaired) electrons. The van der Waals surface area contributed by atoms with E-state index in [-0.39, 0.29) is 11.8 Å². The Morgan fingerprint density at radius 2 is 2.13 bits per heavy atom. The van der Waals surface area contributed by atoms with Crippen LogP contribution in [0.3, 0.4) is 0 Å². The average Bonchev–Trinajstić information content (AvgIpc) is 2.16. The van der Waals surface area contributed by atoms with Crippen LogP contribution < -0.4 is 0 Å². The summed E-state index contributed by atoms with van der Waals surface area (Å²) < 4.78 is 0. The number of carboxylic acid groups (broad SMARTS) is 1. The highest BCUT2D eigenvalue weighted by Crippen LogP contribution is 2.29. The number of hydrogen-bond acceptors (Lipinski definition) is 2. The SMILES string of the molecule is CSc1cccc(C(C)(C)CC(=O)O)c1. The van der Waals surface area contributed by atoms with E-state index in [4.69, 9.17) is 5.11 Å². The van der Waals surface area contributed by atoms with E-state index in [1.165, 1.54) is 4.90 Å². The summed E-state index contributed by atoms with van der Waals surface area (Å²) in [6, 6.07) is 8.06. The second-order valence-electron chi connectivity index (χ2n) is 4.19. The molecule has 0 saturated heterocycles. The van der Waals surface area contributed by atoms with E-state index in [2.05, 4.69) is 6.07 Å². The van der Waals surface area contributed by atoms with E-state index in [9.17, 15) is 4.79 Å². The van der Waals surface area contributed by atoms with E-state index in [1.807, 2.05) is 38.3 Å². The second-order valence-corrected chi connectivity index (χ2v) is 5.07. The van der Waals surface area contributed by atoms with E-state index < -0.39 is 5.97 Å². The molecule has 0 heterocycles. The zero-order chi connectivity index (χ0) is 11.5. The highest BCUT2D eigenvalue weighted by molar-refractivity contribution is 7.98. The van der Waals surface area contributed by atoms with Crippen LogP contribution >= 0.6 is 11.8 Å². The van der Waals surface area contributed by atoms with E-state index in [0.29, 0.717) is 0 Å². The van der Waals surface area contributed by atoms with Gasteiger partial charge in [0.15, 0.2) is 0 Å². The maximum absolute atomic E-state index is 10.7. The van der Waals surface area contributed by atoms with Gasteiger partial charge in [0.2, 0.25) is 0 Å². The molecule has 0 saturated carbocycles. The van der Waals surface area contributed by atoms with Crippen LogP contribution in [0.2, 0.25) is 0 Å². The molecule has 82 valence electrons. The third kappa shape index (κ3) is 3.27. The summed E-state index contributed by atoms with van der Waals surface area (Å²) in [5, 5.41) is 8.83. The molecule has 15 heavy (non-hydrogen) atoms. The first-order valence-corrected chi connectivity index (χ1v) is 6.04. The number of aliphatic carboxylic acids is 1. The second kappa shape index (κ2) is 4.71. The smallest absolute Gasteiger partial charge is 0.304 e. The van der Waals surface area contributed by atoms with Crippen molar-refractivity contribution in [3.8, 4) is 0 Å². The van der Waals surface area contributed by atoms with Crippen molar-refractivity contribution in [3.05, 3.63) is 29.8 Å². The zero-order valence-electron chi connectivity index (χ0n) is 9.28. The Kier molecular flexibility index (Phi) is 3.80. The molecule has 1 aromatic carbocycles. The Labute approximate surface area is 94.7 Å². The Balaban J connectivity index is 2.98. The Hall–Kier alpha value is -0.960. The Bertz CT molecular complexity index is 358. The van der Waals surface area contributed by atoms with Crippen LogP contribution in [-0.2, 0) is 10.2 Å². The predicted octanol–water partition coefficient (Wildman–Crippen LogP) is 3.16. The van der Waals surface area contributed by atoms with Gasteiger partial charge < -0.3 is 5.11 Å². The first kappa shape index (κ1) is 12.1. The van der Waals surface area contributed by atoms with Gasteiger partial charge in [-0.15, -0.1) is 11.8 Å². The quantitative estimate of drug-likeness (QED) is 0.798. The van der Waals surface area contributed by atoms with Crippen molar-refractivity contribution in [3.63, 3.8) is 0 Å². The van der Waals surface area contributed by atoms with Gasteiger partial charge in [-0.1, -0.05) is 26.0 Å². The van der Waals surface area contributed by atoms with Crippen molar-refractivity contribution < 1.29 is 9.90 Å². The largest absolute Gasteiger partial charge is 0.481 e. The lowest BCUT2D eigenvalue weighted by Crippen LogP contribution is -2.21. The number of rotatable bonds is 4. The fourth-order valence-corrected chi connectivity index (χ4v) is 1.98. The van der Waals surface area contributed by atoms with Crippen LogP contribution in [0.1, 0.15) is 25.8 Å². The third-order valence-corrected chi connectivity index (χ3v) is 3.17. The standard InChI is InChI=1S/C12H16O2S/c1-12(2,8-11(13)14)9-5-4-6-10(7-9)15-3/h4-7H,8H2,1-3H3,(H,13,14). The van der Waals surface area contributed by atoms with E-state index in [1.54, 1.807) is 11.8 Å². The summed E-state index contributed by atoms with van der Waals surface area (Å²) >= 11 is 1.67. The van der Waals surface area contributed by atoms with Crippen molar-refractivity contribution in [2.45, 2.75) is 30.6 Å². The van der Waals surface area contributed by atoms with E-state index >= 15 is 0 Å². The average molecular weight is 224 g/mol. The van der Waals surface area contributed by atoms with Crippen LogP contribution in [0.5, 0.6) is 0 Å².